The van der Waals surface area contributed by atoms with Crippen molar-refractivity contribution in [1.29, 1.82) is 0 Å². The molecule has 160 valence electrons. The van der Waals surface area contributed by atoms with E-state index >= 15 is 0 Å². The van der Waals surface area contributed by atoms with Crippen LogP contribution in [0, 0.1) is 0 Å². The minimum atomic E-state index is -0.820. The van der Waals surface area contributed by atoms with Crippen molar-refractivity contribution in [3.05, 3.63) is 84.2 Å². The lowest BCUT2D eigenvalue weighted by Crippen LogP contribution is -2.48. The molecule has 5 nitrogen and oxygen atoms in total. The van der Waals surface area contributed by atoms with Gasteiger partial charge in [-0.1, -0.05) is 67.6 Å². The van der Waals surface area contributed by atoms with Crippen LogP contribution >= 0.6 is 0 Å². The first kappa shape index (κ1) is 21.2. The van der Waals surface area contributed by atoms with E-state index in [1.165, 1.54) is 5.56 Å². The van der Waals surface area contributed by atoms with E-state index in [1.807, 2.05) is 53.4 Å². The molecule has 31 heavy (non-hydrogen) atoms. The van der Waals surface area contributed by atoms with Crippen LogP contribution in [0.5, 0.6) is 0 Å². The summed E-state index contributed by atoms with van der Waals surface area (Å²) in [7, 11) is 0. The van der Waals surface area contributed by atoms with E-state index in [0.717, 1.165) is 11.1 Å². The van der Waals surface area contributed by atoms with E-state index in [2.05, 4.69) is 29.0 Å². The smallest absolute Gasteiger partial charge is 0.223 e. The Bertz CT molecular complexity index is 982. The lowest BCUT2D eigenvalue weighted by molar-refractivity contribution is -0.135. The van der Waals surface area contributed by atoms with Crippen LogP contribution in [0.4, 0.5) is 0 Å². The van der Waals surface area contributed by atoms with Crippen molar-refractivity contribution in [2.75, 3.05) is 13.1 Å². The van der Waals surface area contributed by atoms with Gasteiger partial charge in [-0.2, -0.15) is 0 Å². The van der Waals surface area contributed by atoms with Crippen molar-refractivity contribution >= 4 is 5.91 Å². The molecule has 0 unspecified atom stereocenters. The summed E-state index contributed by atoms with van der Waals surface area (Å²) in [6, 6.07) is 20.0. The molecule has 0 bridgehead atoms. The SMILES string of the molecule is C[C@H](CC(=O)N1CCC(O)(Cc2cnc(-c3ccccc3)nc2)CC1)c1ccccc1. The van der Waals surface area contributed by atoms with Crippen molar-refractivity contribution in [3.8, 4) is 11.4 Å². The van der Waals surface area contributed by atoms with Crippen LogP contribution in [-0.2, 0) is 11.2 Å². The zero-order chi connectivity index (χ0) is 21.7. The van der Waals surface area contributed by atoms with Crippen molar-refractivity contribution in [2.45, 2.75) is 44.1 Å². The number of benzene rings is 2. The van der Waals surface area contributed by atoms with Crippen molar-refractivity contribution in [1.82, 2.24) is 14.9 Å². The lowest BCUT2D eigenvalue weighted by Gasteiger charge is -2.38. The van der Waals surface area contributed by atoms with Gasteiger partial charge in [-0.15, -0.1) is 0 Å². The summed E-state index contributed by atoms with van der Waals surface area (Å²) in [5, 5.41) is 11.1. The van der Waals surface area contributed by atoms with Crippen molar-refractivity contribution < 1.29 is 9.90 Å². The fourth-order valence-electron chi connectivity index (χ4n) is 4.20. The van der Waals surface area contributed by atoms with E-state index in [1.54, 1.807) is 12.4 Å². The second kappa shape index (κ2) is 9.40. The summed E-state index contributed by atoms with van der Waals surface area (Å²) >= 11 is 0. The molecule has 1 saturated heterocycles. The molecular weight excluding hydrogens is 386 g/mol. The molecule has 1 fully saturated rings. The third kappa shape index (κ3) is 5.36. The number of amides is 1. The van der Waals surface area contributed by atoms with Crippen LogP contribution in [-0.4, -0.2) is 44.6 Å². The maximum Gasteiger partial charge on any atom is 0.223 e. The summed E-state index contributed by atoms with van der Waals surface area (Å²) in [5.41, 5.74) is 2.26. The molecule has 0 radical (unpaired) electrons. The summed E-state index contributed by atoms with van der Waals surface area (Å²) in [4.78, 5) is 23.6. The Morgan fingerprint density at radius 3 is 2.19 bits per heavy atom. The van der Waals surface area contributed by atoms with Crippen LogP contribution in [0.2, 0.25) is 0 Å². The number of nitrogens with zero attached hydrogens (tertiary/aromatic N) is 3. The van der Waals surface area contributed by atoms with Crippen LogP contribution in [0.1, 0.15) is 43.2 Å². The molecule has 3 aromatic rings. The van der Waals surface area contributed by atoms with Gasteiger partial charge in [0.25, 0.3) is 0 Å². The normalized spacial score (nSPS) is 16.6. The molecule has 0 aliphatic carbocycles. The van der Waals surface area contributed by atoms with E-state index in [0.29, 0.717) is 44.6 Å². The van der Waals surface area contributed by atoms with Gasteiger partial charge < -0.3 is 10.0 Å². The second-order valence-electron chi connectivity index (χ2n) is 8.58. The van der Waals surface area contributed by atoms with Gasteiger partial charge in [0, 0.05) is 43.9 Å². The van der Waals surface area contributed by atoms with Gasteiger partial charge in [0.2, 0.25) is 5.91 Å². The first-order valence-corrected chi connectivity index (χ1v) is 10.9. The first-order valence-electron chi connectivity index (χ1n) is 10.9. The maximum absolute atomic E-state index is 12.7. The Labute approximate surface area is 183 Å². The molecule has 1 aliphatic heterocycles. The van der Waals surface area contributed by atoms with Gasteiger partial charge in [0.1, 0.15) is 0 Å². The van der Waals surface area contributed by atoms with E-state index in [4.69, 9.17) is 0 Å². The van der Waals surface area contributed by atoms with Crippen molar-refractivity contribution in [2.24, 2.45) is 0 Å². The topological polar surface area (TPSA) is 66.3 Å². The van der Waals surface area contributed by atoms with E-state index < -0.39 is 5.60 Å². The highest BCUT2D eigenvalue weighted by Gasteiger charge is 2.34. The molecule has 2 aromatic carbocycles. The Morgan fingerprint density at radius 1 is 1.00 bits per heavy atom. The molecule has 0 saturated carbocycles. The Morgan fingerprint density at radius 2 is 1.58 bits per heavy atom. The third-order valence-electron chi connectivity index (χ3n) is 6.17. The molecule has 0 spiro atoms. The summed E-state index contributed by atoms with van der Waals surface area (Å²) in [6.07, 6.45) is 5.73. The van der Waals surface area contributed by atoms with Crippen LogP contribution < -0.4 is 0 Å². The molecule has 1 atom stereocenters. The maximum atomic E-state index is 12.7. The first-order chi connectivity index (χ1) is 15.0. The fraction of sp³-hybridized carbons (Fsp3) is 0.346. The predicted molar refractivity (Wildman–Crippen MR) is 121 cm³/mol. The minimum Gasteiger partial charge on any atom is -0.389 e. The number of likely N-dealkylation sites (tertiary alicyclic amines) is 1. The van der Waals surface area contributed by atoms with E-state index in [9.17, 15) is 9.90 Å². The molecular formula is C26H29N3O2. The molecule has 1 aromatic heterocycles. The number of piperidine rings is 1. The highest BCUT2D eigenvalue weighted by molar-refractivity contribution is 5.77. The number of carbonyl (C=O) groups excluding carboxylic acids is 1. The Kier molecular flexibility index (Phi) is 6.42. The number of hydrogen-bond acceptors (Lipinski definition) is 4. The number of hydrogen-bond donors (Lipinski definition) is 1. The summed E-state index contributed by atoms with van der Waals surface area (Å²) in [5.74, 6) is 1.04. The predicted octanol–water partition coefficient (Wildman–Crippen LogP) is 4.23. The van der Waals surface area contributed by atoms with Crippen LogP contribution in [0.3, 0.4) is 0 Å². The van der Waals surface area contributed by atoms with Gasteiger partial charge in [0.05, 0.1) is 5.60 Å². The monoisotopic (exact) mass is 415 g/mol. The molecule has 1 aliphatic rings. The highest BCUT2D eigenvalue weighted by Crippen LogP contribution is 2.28. The molecule has 1 N–H and O–H groups in total. The molecule has 2 heterocycles. The van der Waals surface area contributed by atoms with Gasteiger partial charge in [-0.05, 0) is 29.9 Å². The average Bonchev–Trinajstić information content (AvgIpc) is 2.81. The van der Waals surface area contributed by atoms with Gasteiger partial charge >= 0.3 is 0 Å². The zero-order valence-electron chi connectivity index (χ0n) is 17.9. The summed E-state index contributed by atoms with van der Waals surface area (Å²) < 4.78 is 0. The summed E-state index contributed by atoms with van der Waals surface area (Å²) in [6.45, 7) is 3.26. The van der Waals surface area contributed by atoms with Gasteiger partial charge in [-0.25, -0.2) is 9.97 Å². The molecule has 4 rings (SSSR count). The van der Waals surface area contributed by atoms with Crippen molar-refractivity contribution in [3.63, 3.8) is 0 Å². The van der Waals surface area contributed by atoms with Gasteiger partial charge in [0.15, 0.2) is 5.82 Å². The Balaban J connectivity index is 1.30. The van der Waals surface area contributed by atoms with E-state index in [-0.39, 0.29) is 11.8 Å². The number of rotatable bonds is 6. The zero-order valence-corrected chi connectivity index (χ0v) is 17.9. The largest absolute Gasteiger partial charge is 0.389 e. The lowest BCUT2D eigenvalue weighted by atomic mass is 9.85. The molecule has 1 amide bonds. The second-order valence-corrected chi connectivity index (χ2v) is 8.58. The Hall–Kier alpha value is -3.05. The van der Waals surface area contributed by atoms with Crippen LogP contribution in [0.15, 0.2) is 73.1 Å². The fourth-order valence-corrected chi connectivity index (χ4v) is 4.20. The van der Waals surface area contributed by atoms with Crippen LogP contribution in [0.25, 0.3) is 11.4 Å². The molecule has 5 heteroatoms. The number of aliphatic hydroxyl groups is 1. The number of aromatic nitrogens is 2. The third-order valence-corrected chi connectivity index (χ3v) is 6.17. The van der Waals surface area contributed by atoms with Gasteiger partial charge in [-0.3, -0.25) is 4.79 Å². The average molecular weight is 416 g/mol. The minimum absolute atomic E-state index is 0.161. The quantitative estimate of drug-likeness (QED) is 0.654. The number of carbonyl (C=O) groups is 1. The highest BCUT2D eigenvalue weighted by atomic mass is 16.3. The standard InChI is InChI=1S/C26H29N3O2/c1-20(22-8-4-2-5-9-22)16-24(30)29-14-12-26(31,13-15-29)17-21-18-27-25(28-19-21)23-10-6-3-7-11-23/h2-11,18-20,31H,12-17H2,1H3/t20-/m1/s1.